The van der Waals surface area contributed by atoms with Gasteiger partial charge in [0.1, 0.15) is 6.04 Å². The van der Waals surface area contributed by atoms with Crippen LogP contribution >= 0.6 is 0 Å². The molecule has 14 heavy (non-hydrogen) atoms. The molecule has 1 rings (SSSR count). The minimum Gasteiger partial charge on any atom is -0.468 e. The van der Waals surface area contributed by atoms with Crippen molar-refractivity contribution in [3.05, 3.63) is 0 Å². The van der Waals surface area contributed by atoms with Crippen LogP contribution in [0.2, 0.25) is 0 Å². The zero-order valence-corrected chi connectivity index (χ0v) is 8.43. The van der Waals surface area contributed by atoms with Crippen molar-refractivity contribution in [3.63, 3.8) is 0 Å². The SMILES string of the molecule is COC(=O)[C@H]1N[C@@H](CO)C[C@H](O)[C@@H]1C. The lowest BCUT2D eigenvalue weighted by molar-refractivity contribution is -0.148. The molecule has 0 amide bonds. The standard InChI is InChI=1S/C9H17NO4/c1-5-7(12)3-6(4-11)10-8(5)9(13)14-2/h5-8,10-12H,3-4H2,1-2H3/t5-,6+,7-,8-/m0/s1. The van der Waals surface area contributed by atoms with Crippen LogP contribution in [0.25, 0.3) is 0 Å². The molecule has 0 radical (unpaired) electrons. The Bertz CT molecular complexity index is 209. The molecule has 0 saturated carbocycles. The summed E-state index contributed by atoms with van der Waals surface area (Å²) in [6.07, 6.45) is -0.108. The molecule has 0 bridgehead atoms. The summed E-state index contributed by atoms with van der Waals surface area (Å²) in [5.74, 6) is -0.583. The van der Waals surface area contributed by atoms with Gasteiger partial charge in [-0.25, -0.2) is 0 Å². The van der Waals surface area contributed by atoms with Gasteiger partial charge in [-0.15, -0.1) is 0 Å². The first-order valence-corrected chi connectivity index (χ1v) is 4.73. The van der Waals surface area contributed by atoms with E-state index < -0.39 is 18.1 Å². The van der Waals surface area contributed by atoms with Gasteiger partial charge in [-0.2, -0.15) is 0 Å². The highest BCUT2D eigenvalue weighted by Gasteiger charge is 2.37. The van der Waals surface area contributed by atoms with Gasteiger partial charge in [0.05, 0.1) is 19.8 Å². The molecule has 0 spiro atoms. The van der Waals surface area contributed by atoms with Gasteiger partial charge in [-0.1, -0.05) is 6.92 Å². The summed E-state index contributed by atoms with van der Waals surface area (Å²) in [6.45, 7) is 1.70. The maximum absolute atomic E-state index is 11.3. The lowest BCUT2D eigenvalue weighted by Crippen LogP contribution is -2.57. The van der Waals surface area contributed by atoms with Gasteiger partial charge in [0, 0.05) is 12.0 Å². The quantitative estimate of drug-likeness (QED) is 0.495. The van der Waals surface area contributed by atoms with Crippen LogP contribution in [-0.2, 0) is 9.53 Å². The average Bonchev–Trinajstić information content (AvgIpc) is 2.20. The topological polar surface area (TPSA) is 78.8 Å². The van der Waals surface area contributed by atoms with Crippen LogP contribution in [0, 0.1) is 5.92 Å². The van der Waals surface area contributed by atoms with Crippen molar-refractivity contribution in [2.75, 3.05) is 13.7 Å². The van der Waals surface area contributed by atoms with Crippen molar-refractivity contribution < 1.29 is 19.7 Å². The largest absolute Gasteiger partial charge is 0.468 e. The molecule has 1 fully saturated rings. The molecule has 0 aromatic carbocycles. The highest BCUT2D eigenvalue weighted by molar-refractivity contribution is 5.76. The highest BCUT2D eigenvalue weighted by Crippen LogP contribution is 2.20. The first kappa shape index (κ1) is 11.4. The highest BCUT2D eigenvalue weighted by atomic mass is 16.5. The van der Waals surface area contributed by atoms with E-state index in [0.29, 0.717) is 6.42 Å². The van der Waals surface area contributed by atoms with Crippen molar-refractivity contribution in [1.82, 2.24) is 5.32 Å². The normalized spacial score (nSPS) is 38.0. The van der Waals surface area contributed by atoms with E-state index in [1.54, 1.807) is 6.92 Å². The molecule has 1 saturated heterocycles. The first-order valence-electron chi connectivity index (χ1n) is 4.73. The second-order valence-electron chi connectivity index (χ2n) is 3.71. The average molecular weight is 203 g/mol. The molecule has 1 aliphatic rings. The lowest BCUT2D eigenvalue weighted by atomic mass is 9.86. The lowest BCUT2D eigenvalue weighted by Gasteiger charge is -2.36. The molecule has 1 heterocycles. The van der Waals surface area contributed by atoms with Crippen molar-refractivity contribution in [1.29, 1.82) is 0 Å². The van der Waals surface area contributed by atoms with Crippen LogP contribution in [0.1, 0.15) is 13.3 Å². The molecule has 1 aliphatic heterocycles. The predicted octanol–water partition coefficient (Wildman–Crippen LogP) is -1.12. The Balaban J connectivity index is 2.67. The number of methoxy groups -OCH3 is 1. The summed E-state index contributed by atoms with van der Waals surface area (Å²) in [5, 5.41) is 21.5. The van der Waals surface area contributed by atoms with E-state index in [2.05, 4.69) is 10.1 Å². The third-order valence-electron chi connectivity index (χ3n) is 2.75. The minimum atomic E-state index is -0.572. The van der Waals surface area contributed by atoms with Gasteiger partial charge in [-0.3, -0.25) is 10.1 Å². The fourth-order valence-corrected chi connectivity index (χ4v) is 1.74. The summed E-state index contributed by atoms with van der Waals surface area (Å²) in [5.41, 5.74) is 0. The molecule has 5 heteroatoms. The zero-order chi connectivity index (χ0) is 10.7. The van der Waals surface area contributed by atoms with E-state index in [0.717, 1.165) is 0 Å². The number of hydrogen-bond donors (Lipinski definition) is 3. The van der Waals surface area contributed by atoms with Crippen LogP contribution in [0.4, 0.5) is 0 Å². The molecular weight excluding hydrogens is 186 g/mol. The summed E-state index contributed by atoms with van der Waals surface area (Å²) < 4.78 is 4.61. The maximum atomic E-state index is 11.3. The van der Waals surface area contributed by atoms with Crippen molar-refractivity contribution in [2.24, 2.45) is 5.92 Å². The van der Waals surface area contributed by atoms with Gasteiger partial charge in [0.15, 0.2) is 0 Å². The number of nitrogens with one attached hydrogen (secondary N) is 1. The van der Waals surface area contributed by atoms with Crippen molar-refractivity contribution in [3.8, 4) is 0 Å². The Morgan fingerprint density at radius 1 is 1.64 bits per heavy atom. The van der Waals surface area contributed by atoms with Gasteiger partial charge in [-0.05, 0) is 6.42 Å². The number of aliphatic hydroxyl groups excluding tert-OH is 2. The zero-order valence-electron chi connectivity index (χ0n) is 8.43. The van der Waals surface area contributed by atoms with Crippen molar-refractivity contribution in [2.45, 2.75) is 31.5 Å². The summed E-state index contributed by atoms with van der Waals surface area (Å²) in [7, 11) is 1.31. The second-order valence-corrected chi connectivity index (χ2v) is 3.71. The number of aliphatic hydroxyl groups is 2. The van der Waals surface area contributed by atoms with Gasteiger partial charge in [0.2, 0.25) is 0 Å². The smallest absolute Gasteiger partial charge is 0.323 e. The Labute approximate surface area is 83.1 Å². The van der Waals surface area contributed by atoms with E-state index in [4.69, 9.17) is 5.11 Å². The number of rotatable bonds is 2. The molecule has 0 aliphatic carbocycles. The second kappa shape index (κ2) is 4.72. The Hall–Kier alpha value is -0.650. The van der Waals surface area contributed by atoms with E-state index in [9.17, 15) is 9.90 Å². The van der Waals surface area contributed by atoms with Gasteiger partial charge >= 0.3 is 5.97 Å². The minimum absolute atomic E-state index is 0.0860. The molecule has 0 aromatic rings. The van der Waals surface area contributed by atoms with Crippen LogP contribution in [0.15, 0.2) is 0 Å². The monoisotopic (exact) mass is 203 g/mol. The van der Waals surface area contributed by atoms with Gasteiger partial charge < -0.3 is 14.9 Å². The van der Waals surface area contributed by atoms with Crippen LogP contribution < -0.4 is 5.32 Å². The number of carbonyl (C=O) groups is 1. The van der Waals surface area contributed by atoms with Crippen LogP contribution in [0.3, 0.4) is 0 Å². The first-order chi connectivity index (χ1) is 6.60. The fraction of sp³-hybridized carbons (Fsp3) is 0.889. The Morgan fingerprint density at radius 3 is 2.79 bits per heavy atom. The Morgan fingerprint density at radius 2 is 2.29 bits per heavy atom. The van der Waals surface area contributed by atoms with Gasteiger partial charge in [0.25, 0.3) is 0 Å². The summed E-state index contributed by atoms with van der Waals surface area (Å²) >= 11 is 0. The predicted molar refractivity (Wildman–Crippen MR) is 49.6 cm³/mol. The third-order valence-corrected chi connectivity index (χ3v) is 2.75. The number of carbonyl (C=O) groups excluding carboxylic acids is 1. The molecule has 3 N–H and O–H groups in total. The molecule has 4 atom stereocenters. The number of ether oxygens (including phenoxy) is 1. The van der Waals surface area contributed by atoms with E-state index in [1.807, 2.05) is 0 Å². The molecule has 82 valence electrons. The number of hydrogen-bond acceptors (Lipinski definition) is 5. The van der Waals surface area contributed by atoms with Crippen LogP contribution in [-0.4, -0.2) is 48.1 Å². The molecular formula is C9H17NO4. The summed E-state index contributed by atoms with van der Waals surface area (Å²) in [4.78, 5) is 11.3. The Kier molecular flexibility index (Phi) is 3.86. The molecule has 0 aromatic heterocycles. The summed E-state index contributed by atoms with van der Waals surface area (Å²) in [6, 6.07) is -0.758. The third kappa shape index (κ3) is 2.23. The van der Waals surface area contributed by atoms with E-state index in [1.165, 1.54) is 7.11 Å². The maximum Gasteiger partial charge on any atom is 0.323 e. The number of piperidine rings is 1. The molecule has 0 unspecified atom stereocenters. The van der Waals surface area contributed by atoms with E-state index >= 15 is 0 Å². The van der Waals surface area contributed by atoms with Crippen molar-refractivity contribution >= 4 is 5.97 Å². The molecule has 5 nitrogen and oxygen atoms in total. The van der Waals surface area contributed by atoms with Crippen LogP contribution in [0.5, 0.6) is 0 Å². The van der Waals surface area contributed by atoms with E-state index in [-0.39, 0.29) is 18.6 Å². The fourth-order valence-electron chi connectivity index (χ4n) is 1.74. The number of esters is 1.